The van der Waals surface area contributed by atoms with E-state index in [1.807, 2.05) is 43.3 Å². The number of aliphatic hydroxyl groups excluding tert-OH is 1. The van der Waals surface area contributed by atoms with Crippen molar-refractivity contribution in [1.29, 1.82) is 0 Å². The van der Waals surface area contributed by atoms with E-state index in [2.05, 4.69) is 12.2 Å². The number of pyridine rings is 1. The molecule has 0 bridgehead atoms. The monoisotopic (exact) mass is 536 g/mol. The number of unbranched alkanes of at least 4 members (excludes halogenated alkanes) is 4. The van der Waals surface area contributed by atoms with Crippen LogP contribution in [0.25, 0.3) is 11.7 Å². The molecule has 2 N–H and O–H groups in total. The molecule has 3 heterocycles. The highest BCUT2D eigenvalue weighted by atomic mass is 32.2. The largest absolute Gasteiger partial charge is 0.387 e. The molecule has 9 heteroatoms. The molecule has 1 saturated heterocycles. The number of carbonyl (C=O) groups is 1. The van der Waals surface area contributed by atoms with Gasteiger partial charge in [-0.05, 0) is 36.6 Å². The summed E-state index contributed by atoms with van der Waals surface area (Å²) in [7, 11) is 0. The standard InChI is InChI=1S/C28H32N4O3S2/c1-3-4-5-6-10-15-32-27(35)23(37-28(32)36)17-21-24(29-18-22(33)20-13-8-7-9-14-20)30-25-19(2)12-11-16-31(25)26(21)34/h7-9,11-14,16-17,22,29,33H,3-6,10,15,18H2,1-2H3/b23-17-. The lowest BCUT2D eigenvalue weighted by atomic mass is 10.1. The van der Waals surface area contributed by atoms with Gasteiger partial charge in [0, 0.05) is 19.3 Å². The smallest absolute Gasteiger partial charge is 0.267 e. The van der Waals surface area contributed by atoms with Crippen molar-refractivity contribution < 1.29 is 9.90 Å². The van der Waals surface area contributed by atoms with Gasteiger partial charge in [-0.1, -0.05) is 93.0 Å². The van der Waals surface area contributed by atoms with Crippen molar-refractivity contribution in [3.05, 3.63) is 80.6 Å². The highest BCUT2D eigenvalue weighted by molar-refractivity contribution is 8.26. The van der Waals surface area contributed by atoms with E-state index in [1.165, 1.54) is 22.6 Å². The van der Waals surface area contributed by atoms with Crippen molar-refractivity contribution in [2.75, 3.05) is 18.4 Å². The van der Waals surface area contributed by atoms with Crippen LogP contribution in [0.5, 0.6) is 0 Å². The molecule has 1 aliphatic rings. The minimum atomic E-state index is -0.794. The predicted octanol–water partition coefficient (Wildman–Crippen LogP) is 5.32. The number of rotatable bonds is 11. The first kappa shape index (κ1) is 27.0. The van der Waals surface area contributed by atoms with Gasteiger partial charge in [-0.15, -0.1) is 0 Å². The van der Waals surface area contributed by atoms with Gasteiger partial charge in [-0.3, -0.25) is 18.9 Å². The van der Waals surface area contributed by atoms with Crippen molar-refractivity contribution in [2.24, 2.45) is 0 Å². The SMILES string of the molecule is CCCCCCCN1C(=O)/C(=C/c2c(NCC(O)c3ccccc3)nc3c(C)cccn3c2=O)SC1=S. The molecule has 1 aromatic carbocycles. The first-order valence-corrected chi connectivity index (χ1v) is 13.9. The fourth-order valence-corrected chi connectivity index (χ4v) is 5.55. The maximum atomic E-state index is 13.6. The summed E-state index contributed by atoms with van der Waals surface area (Å²) >= 11 is 6.70. The third kappa shape index (κ3) is 6.29. The minimum Gasteiger partial charge on any atom is -0.387 e. The van der Waals surface area contributed by atoms with Crippen LogP contribution in [-0.2, 0) is 4.79 Å². The summed E-state index contributed by atoms with van der Waals surface area (Å²) in [5.41, 5.74) is 2.07. The summed E-state index contributed by atoms with van der Waals surface area (Å²) in [6, 6.07) is 13.0. The summed E-state index contributed by atoms with van der Waals surface area (Å²) in [5, 5.41) is 13.8. The summed E-state index contributed by atoms with van der Waals surface area (Å²) in [6.45, 7) is 4.78. The first-order chi connectivity index (χ1) is 17.9. The summed E-state index contributed by atoms with van der Waals surface area (Å²) < 4.78 is 1.99. The maximum Gasteiger partial charge on any atom is 0.267 e. The van der Waals surface area contributed by atoms with Crippen molar-refractivity contribution in [3.8, 4) is 0 Å². The van der Waals surface area contributed by atoms with E-state index in [0.717, 1.165) is 36.8 Å². The lowest BCUT2D eigenvalue weighted by molar-refractivity contribution is -0.122. The zero-order valence-corrected chi connectivity index (χ0v) is 22.8. The molecule has 194 valence electrons. The molecule has 0 spiro atoms. The van der Waals surface area contributed by atoms with Crippen LogP contribution in [0.4, 0.5) is 5.82 Å². The van der Waals surface area contributed by atoms with Crippen LogP contribution in [0, 0.1) is 6.92 Å². The molecule has 1 atom stereocenters. The van der Waals surface area contributed by atoms with Crippen molar-refractivity contribution in [3.63, 3.8) is 0 Å². The average Bonchev–Trinajstić information content (AvgIpc) is 3.17. The number of aliphatic hydroxyl groups is 1. The van der Waals surface area contributed by atoms with Gasteiger partial charge >= 0.3 is 0 Å². The zero-order valence-electron chi connectivity index (χ0n) is 21.1. The number of aromatic nitrogens is 2. The molecule has 4 rings (SSSR count). The third-order valence-corrected chi connectivity index (χ3v) is 7.74. The van der Waals surface area contributed by atoms with E-state index >= 15 is 0 Å². The number of aryl methyl sites for hydroxylation is 1. The molecule has 2 aromatic heterocycles. The van der Waals surface area contributed by atoms with Crippen LogP contribution in [0.3, 0.4) is 0 Å². The number of amides is 1. The first-order valence-electron chi connectivity index (χ1n) is 12.6. The normalized spacial score (nSPS) is 15.6. The van der Waals surface area contributed by atoms with Gasteiger partial charge in [0.2, 0.25) is 0 Å². The van der Waals surface area contributed by atoms with E-state index in [4.69, 9.17) is 17.2 Å². The van der Waals surface area contributed by atoms with Crippen molar-refractivity contribution in [1.82, 2.24) is 14.3 Å². The number of nitrogens with zero attached hydrogens (tertiary/aromatic N) is 3. The molecule has 0 aliphatic carbocycles. The Morgan fingerprint density at radius 3 is 2.62 bits per heavy atom. The Morgan fingerprint density at radius 1 is 1.11 bits per heavy atom. The predicted molar refractivity (Wildman–Crippen MR) is 155 cm³/mol. The quantitative estimate of drug-likeness (QED) is 0.195. The molecule has 37 heavy (non-hydrogen) atoms. The number of thiocarbonyl (C=S) groups is 1. The highest BCUT2D eigenvalue weighted by Crippen LogP contribution is 2.33. The van der Waals surface area contributed by atoms with Gasteiger partial charge in [0.15, 0.2) is 0 Å². The topological polar surface area (TPSA) is 86.9 Å². The second kappa shape index (κ2) is 12.5. The molecule has 7 nitrogen and oxygen atoms in total. The number of benzene rings is 1. The van der Waals surface area contributed by atoms with Gasteiger partial charge in [-0.25, -0.2) is 4.98 Å². The number of fused-ring (bicyclic) bond motifs is 1. The highest BCUT2D eigenvalue weighted by Gasteiger charge is 2.32. The number of carbonyl (C=O) groups excluding carboxylic acids is 1. The van der Waals surface area contributed by atoms with E-state index in [9.17, 15) is 14.7 Å². The lowest BCUT2D eigenvalue weighted by Crippen LogP contribution is -2.29. The Labute approximate surface area is 226 Å². The van der Waals surface area contributed by atoms with E-state index < -0.39 is 6.10 Å². The van der Waals surface area contributed by atoms with Gasteiger partial charge in [-0.2, -0.15) is 0 Å². The van der Waals surface area contributed by atoms with Gasteiger partial charge < -0.3 is 10.4 Å². The molecule has 1 aliphatic heterocycles. The van der Waals surface area contributed by atoms with Crippen molar-refractivity contribution in [2.45, 2.75) is 52.1 Å². The molecule has 1 unspecified atom stereocenters. The molecular formula is C28H32N4O3S2. The summed E-state index contributed by atoms with van der Waals surface area (Å²) in [4.78, 5) is 33.5. The Balaban J connectivity index is 1.63. The molecular weight excluding hydrogens is 504 g/mol. The second-order valence-corrected chi connectivity index (χ2v) is 10.8. The van der Waals surface area contributed by atoms with Gasteiger partial charge in [0.05, 0.1) is 16.6 Å². The van der Waals surface area contributed by atoms with Crippen LogP contribution < -0.4 is 10.9 Å². The van der Waals surface area contributed by atoms with Crippen LogP contribution >= 0.6 is 24.0 Å². The maximum absolute atomic E-state index is 13.6. The van der Waals surface area contributed by atoms with Crippen LogP contribution in [-0.4, -0.2) is 42.7 Å². The molecule has 3 aromatic rings. The Bertz CT molecular complexity index is 1370. The third-order valence-electron chi connectivity index (χ3n) is 6.37. The number of anilines is 1. The van der Waals surface area contributed by atoms with Crippen LogP contribution in [0.15, 0.2) is 58.4 Å². The Kier molecular flexibility index (Phi) is 9.13. The van der Waals surface area contributed by atoms with E-state index in [1.54, 1.807) is 23.2 Å². The van der Waals surface area contributed by atoms with E-state index in [-0.39, 0.29) is 23.6 Å². The number of hydrogen-bond acceptors (Lipinski definition) is 7. The van der Waals surface area contributed by atoms with Gasteiger partial charge in [0.25, 0.3) is 11.5 Å². The molecule has 1 fully saturated rings. The number of hydrogen-bond donors (Lipinski definition) is 2. The molecule has 0 radical (unpaired) electrons. The Morgan fingerprint density at radius 2 is 1.86 bits per heavy atom. The molecule has 0 saturated carbocycles. The Hall–Kier alpha value is -3.01. The van der Waals surface area contributed by atoms with Gasteiger partial charge in [0.1, 0.15) is 15.8 Å². The minimum absolute atomic E-state index is 0.151. The summed E-state index contributed by atoms with van der Waals surface area (Å²) in [5.74, 6) is 0.133. The van der Waals surface area contributed by atoms with E-state index in [0.29, 0.717) is 27.2 Å². The zero-order chi connectivity index (χ0) is 26.4. The van der Waals surface area contributed by atoms with Crippen molar-refractivity contribution >= 4 is 51.7 Å². The van der Waals surface area contributed by atoms with Crippen LogP contribution in [0.2, 0.25) is 0 Å². The number of thioether (sulfide) groups is 1. The average molecular weight is 537 g/mol. The number of nitrogens with one attached hydrogen (secondary N) is 1. The van der Waals surface area contributed by atoms with Crippen LogP contribution in [0.1, 0.15) is 61.8 Å². The molecule has 1 amide bonds. The fourth-order valence-electron chi connectivity index (χ4n) is 4.26. The fraction of sp³-hybridized carbons (Fsp3) is 0.357. The summed E-state index contributed by atoms with van der Waals surface area (Å²) in [6.07, 6.45) is 7.89. The second-order valence-electron chi connectivity index (χ2n) is 9.12. The lowest BCUT2D eigenvalue weighted by Gasteiger charge is -2.16.